The number of aryl methyl sites for hydroxylation is 1. The molecular formula is C24H28FN5O. The summed E-state index contributed by atoms with van der Waals surface area (Å²) in [7, 11) is 3.96. The van der Waals surface area contributed by atoms with Gasteiger partial charge in [0.1, 0.15) is 11.6 Å². The van der Waals surface area contributed by atoms with Crippen LogP contribution in [0.2, 0.25) is 0 Å². The van der Waals surface area contributed by atoms with Gasteiger partial charge < -0.3 is 15.5 Å². The fourth-order valence-corrected chi connectivity index (χ4v) is 4.08. The van der Waals surface area contributed by atoms with Gasteiger partial charge in [-0.2, -0.15) is 4.98 Å². The number of benzene rings is 2. The minimum Gasteiger partial charge on any atom is -0.362 e. The molecule has 0 saturated heterocycles. The van der Waals surface area contributed by atoms with Gasteiger partial charge in [-0.3, -0.25) is 4.79 Å². The summed E-state index contributed by atoms with van der Waals surface area (Å²) in [6, 6.07) is 12.9. The molecule has 31 heavy (non-hydrogen) atoms. The van der Waals surface area contributed by atoms with Crippen molar-refractivity contribution in [3.05, 3.63) is 59.4 Å². The fourth-order valence-electron chi connectivity index (χ4n) is 4.08. The van der Waals surface area contributed by atoms with Crippen LogP contribution in [0.25, 0.3) is 10.9 Å². The van der Waals surface area contributed by atoms with Gasteiger partial charge in [-0.15, -0.1) is 0 Å². The highest BCUT2D eigenvalue weighted by molar-refractivity contribution is 5.94. The Balaban J connectivity index is 1.37. The van der Waals surface area contributed by atoms with Crippen molar-refractivity contribution < 1.29 is 9.18 Å². The van der Waals surface area contributed by atoms with Gasteiger partial charge in [0.25, 0.3) is 5.91 Å². The highest BCUT2D eigenvalue weighted by Gasteiger charge is 2.24. The van der Waals surface area contributed by atoms with Gasteiger partial charge in [0.15, 0.2) is 0 Å². The summed E-state index contributed by atoms with van der Waals surface area (Å²) in [5.41, 5.74) is 1.90. The van der Waals surface area contributed by atoms with Crippen LogP contribution in [-0.4, -0.2) is 42.1 Å². The van der Waals surface area contributed by atoms with Gasteiger partial charge in [-0.05, 0) is 68.5 Å². The Morgan fingerprint density at radius 1 is 1.03 bits per heavy atom. The maximum absolute atomic E-state index is 13.4. The SMILES string of the molecule is Cc1cc(C(=O)NC2CCC(Nc3nc(N(C)C)c4ccccc4n3)CC2)ccc1F. The second kappa shape index (κ2) is 8.88. The number of nitrogens with one attached hydrogen (secondary N) is 2. The van der Waals surface area contributed by atoms with Crippen molar-refractivity contribution in [2.75, 3.05) is 24.3 Å². The van der Waals surface area contributed by atoms with E-state index in [-0.39, 0.29) is 23.8 Å². The highest BCUT2D eigenvalue weighted by atomic mass is 19.1. The Hall–Kier alpha value is -3.22. The molecule has 7 heteroatoms. The molecule has 0 aliphatic heterocycles. The molecule has 0 spiro atoms. The van der Waals surface area contributed by atoms with Crippen molar-refractivity contribution in [3.8, 4) is 0 Å². The van der Waals surface area contributed by atoms with Crippen molar-refractivity contribution in [2.24, 2.45) is 0 Å². The number of para-hydroxylation sites is 1. The highest BCUT2D eigenvalue weighted by Crippen LogP contribution is 2.26. The molecule has 1 amide bonds. The summed E-state index contributed by atoms with van der Waals surface area (Å²) in [4.78, 5) is 23.9. The van der Waals surface area contributed by atoms with E-state index >= 15 is 0 Å². The van der Waals surface area contributed by atoms with Crippen LogP contribution < -0.4 is 15.5 Å². The number of halogens is 1. The molecule has 1 aromatic heterocycles. The predicted octanol–water partition coefficient (Wildman–Crippen LogP) is 4.30. The van der Waals surface area contributed by atoms with Crippen molar-refractivity contribution in [1.82, 2.24) is 15.3 Å². The molecule has 1 fully saturated rings. The van der Waals surface area contributed by atoms with Crippen LogP contribution in [0, 0.1) is 12.7 Å². The quantitative estimate of drug-likeness (QED) is 0.643. The topological polar surface area (TPSA) is 70.2 Å². The predicted molar refractivity (Wildman–Crippen MR) is 122 cm³/mol. The summed E-state index contributed by atoms with van der Waals surface area (Å²) in [6.45, 7) is 1.67. The summed E-state index contributed by atoms with van der Waals surface area (Å²) < 4.78 is 13.4. The fraction of sp³-hybridized carbons (Fsp3) is 0.375. The number of aromatic nitrogens is 2. The van der Waals surface area contributed by atoms with Gasteiger partial charge in [0, 0.05) is 37.1 Å². The van der Waals surface area contributed by atoms with Gasteiger partial charge in [-0.25, -0.2) is 9.37 Å². The summed E-state index contributed by atoms with van der Waals surface area (Å²) >= 11 is 0. The molecule has 6 nitrogen and oxygen atoms in total. The molecule has 0 atom stereocenters. The molecule has 2 N–H and O–H groups in total. The van der Waals surface area contributed by atoms with E-state index in [0.29, 0.717) is 17.1 Å². The average Bonchev–Trinajstić information content (AvgIpc) is 2.76. The first kappa shape index (κ1) is 21.0. The van der Waals surface area contributed by atoms with Crippen LogP contribution in [0.1, 0.15) is 41.6 Å². The Bertz CT molecular complexity index is 1090. The first-order valence-electron chi connectivity index (χ1n) is 10.7. The van der Waals surface area contributed by atoms with E-state index < -0.39 is 0 Å². The zero-order chi connectivity index (χ0) is 22.0. The number of amides is 1. The number of carbonyl (C=O) groups is 1. The maximum atomic E-state index is 13.4. The second-order valence-corrected chi connectivity index (χ2v) is 8.41. The molecule has 1 aliphatic rings. The molecule has 1 saturated carbocycles. The van der Waals surface area contributed by atoms with E-state index in [4.69, 9.17) is 4.98 Å². The van der Waals surface area contributed by atoms with Gasteiger partial charge in [-0.1, -0.05) is 12.1 Å². The summed E-state index contributed by atoms with van der Waals surface area (Å²) in [6.07, 6.45) is 3.58. The third kappa shape index (κ3) is 4.76. The summed E-state index contributed by atoms with van der Waals surface area (Å²) in [5.74, 6) is 1.09. The van der Waals surface area contributed by atoms with Crippen LogP contribution in [0.4, 0.5) is 16.2 Å². The summed E-state index contributed by atoms with van der Waals surface area (Å²) in [5, 5.41) is 7.60. The number of anilines is 2. The number of nitrogens with zero attached hydrogens (tertiary/aromatic N) is 3. The minimum absolute atomic E-state index is 0.116. The number of rotatable bonds is 5. The Morgan fingerprint density at radius 2 is 1.74 bits per heavy atom. The molecular weight excluding hydrogens is 393 g/mol. The lowest BCUT2D eigenvalue weighted by molar-refractivity contribution is 0.0926. The number of carbonyl (C=O) groups excluding carboxylic acids is 1. The van der Waals surface area contributed by atoms with Gasteiger partial charge >= 0.3 is 0 Å². The van der Waals surface area contributed by atoms with Crippen LogP contribution in [0.5, 0.6) is 0 Å². The lowest BCUT2D eigenvalue weighted by atomic mass is 9.91. The Morgan fingerprint density at radius 3 is 2.45 bits per heavy atom. The smallest absolute Gasteiger partial charge is 0.251 e. The zero-order valence-corrected chi connectivity index (χ0v) is 18.2. The molecule has 162 valence electrons. The number of hydrogen-bond donors (Lipinski definition) is 2. The zero-order valence-electron chi connectivity index (χ0n) is 18.2. The Labute approximate surface area is 181 Å². The van der Waals surface area contributed by atoms with Gasteiger partial charge in [0.2, 0.25) is 5.95 Å². The number of fused-ring (bicyclic) bond motifs is 1. The van der Waals surface area contributed by atoms with E-state index in [0.717, 1.165) is 42.4 Å². The molecule has 0 unspecified atom stereocenters. The molecule has 2 aromatic carbocycles. The first-order chi connectivity index (χ1) is 14.9. The van der Waals surface area contributed by atoms with Crippen molar-refractivity contribution in [1.29, 1.82) is 0 Å². The third-order valence-corrected chi connectivity index (χ3v) is 5.82. The first-order valence-corrected chi connectivity index (χ1v) is 10.7. The molecule has 4 rings (SSSR count). The normalized spacial score (nSPS) is 18.6. The van der Waals surface area contributed by atoms with Crippen LogP contribution in [0.15, 0.2) is 42.5 Å². The van der Waals surface area contributed by atoms with E-state index in [9.17, 15) is 9.18 Å². The molecule has 1 heterocycles. The van der Waals surface area contributed by atoms with Crippen LogP contribution in [0.3, 0.4) is 0 Å². The monoisotopic (exact) mass is 421 g/mol. The van der Waals surface area contributed by atoms with Crippen molar-refractivity contribution in [2.45, 2.75) is 44.7 Å². The average molecular weight is 422 g/mol. The largest absolute Gasteiger partial charge is 0.362 e. The second-order valence-electron chi connectivity index (χ2n) is 8.41. The van der Waals surface area contributed by atoms with Gasteiger partial charge in [0.05, 0.1) is 5.52 Å². The van der Waals surface area contributed by atoms with E-state index in [1.54, 1.807) is 13.0 Å². The standard InChI is InChI=1S/C24H28FN5O/c1-15-14-16(8-13-20(15)25)23(31)26-17-9-11-18(12-10-17)27-24-28-21-7-5-4-6-19(21)22(29-24)30(2)3/h4-8,13-14,17-18H,9-12H2,1-3H3,(H,26,31)(H,27,28,29). The maximum Gasteiger partial charge on any atom is 0.251 e. The van der Waals surface area contributed by atoms with Crippen molar-refractivity contribution in [3.63, 3.8) is 0 Å². The van der Waals surface area contributed by atoms with E-state index in [1.807, 2.05) is 43.3 Å². The molecule has 3 aromatic rings. The van der Waals surface area contributed by atoms with Crippen LogP contribution in [-0.2, 0) is 0 Å². The third-order valence-electron chi connectivity index (χ3n) is 5.82. The van der Waals surface area contributed by atoms with E-state index in [1.165, 1.54) is 12.1 Å². The lowest BCUT2D eigenvalue weighted by Gasteiger charge is -2.30. The lowest BCUT2D eigenvalue weighted by Crippen LogP contribution is -2.40. The molecule has 0 bridgehead atoms. The molecule has 0 radical (unpaired) electrons. The van der Waals surface area contributed by atoms with E-state index in [2.05, 4.69) is 15.6 Å². The molecule has 1 aliphatic carbocycles. The Kier molecular flexibility index (Phi) is 6.02. The number of hydrogen-bond acceptors (Lipinski definition) is 5. The van der Waals surface area contributed by atoms with Crippen molar-refractivity contribution >= 4 is 28.6 Å². The van der Waals surface area contributed by atoms with Crippen LogP contribution >= 0.6 is 0 Å². The minimum atomic E-state index is -0.295.